The van der Waals surface area contributed by atoms with Crippen LogP contribution in [-0.4, -0.2) is 33.2 Å². The van der Waals surface area contributed by atoms with Gasteiger partial charge in [0.15, 0.2) is 0 Å². The van der Waals surface area contributed by atoms with Crippen LogP contribution in [0.5, 0.6) is 0 Å². The maximum atomic E-state index is 11.7. The third-order valence-corrected chi connectivity index (χ3v) is 3.69. The van der Waals surface area contributed by atoms with Crippen molar-refractivity contribution in [1.29, 1.82) is 0 Å². The number of nitrogen functional groups attached to an aromatic ring is 1. The van der Waals surface area contributed by atoms with Crippen molar-refractivity contribution in [3.8, 4) is 0 Å². The highest BCUT2D eigenvalue weighted by atomic mass is 35.5. The van der Waals surface area contributed by atoms with E-state index < -0.39 is 10.8 Å². The Morgan fingerprint density at radius 2 is 2.29 bits per heavy atom. The number of amides is 1. The molecule has 3 N–H and O–H groups in total. The zero-order valence-electron chi connectivity index (χ0n) is 9.57. The SMILES string of the molecule is CC(CNC(=O)c1cc(N)nc(Cl)c1)S(C)=O. The van der Waals surface area contributed by atoms with E-state index in [1.54, 1.807) is 13.2 Å². The van der Waals surface area contributed by atoms with Gasteiger partial charge < -0.3 is 11.1 Å². The highest BCUT2D eigenvalue weighted by molar-refractivity contribution is 7.84. The summed E-state index contributed by atoms with van der Waals surface area (Å²) in [7, 11) is -0.970. The van der Waals surface area contributed by atoms with Crippen LogP contribution < -0.4 is 11.1 Å². The molecule has 17 heavy (non-hydrogen) atoms. The Labute approximate surface area is 107 Å². The van der Waals surface area contributed by atoms with Gasteiger partial charge in [0.2, 0.25) is 0 Å². The van der Waals surface area contributed by atoms with Crippen molar-refractivity contribution in [3.63, 3.8) is 0 Å². The van der Waals surface area contributed by atoms with E-state index in [9.17, 15) is 9.00 Å². The van der Waals surface area contributed by atoms with Crippen LogP contribution in [-0.2, 0) is 10.8 Å². The number of hydrogen-bond acceptors (Lipinski definition) is 4. The van der Waals surface area contributed by atoms with Crippen LogP contribution in [0, 0.1) is 0 Å². The molecule has 1 amide bonds. The maximum Gasteiger partial charge on any atom is 0.251 e. The van der Waals surface area contributed by atoms with Gasteiger partial charge in [0, 0.05) is 34.4 Å². The van der Waals surface area contributed by atoms with Gasteiger partial charge in [-0.3, -0.25) is 9.00 Å². The largest absolute Gasteiger partial charge is 0.384 e. The van der Waals surface area contributed by atoms with E-state index in [-0.39, 0.29) is 22.1 Å². The maximum absolute atomic E-state index is 11.7. The Morgan fingerprint density at radius 1 is 1.65 bits per heavy atom. The lowest BCUT2D eigenvalue weighted by atomic mass is 10.2. The standard InChI is InChI=1S/C10H14ClN3O2S/c1-6(17(2)16)5-13-10(15)7-3-8(11)14-9(12)4-7/h3-4,6H,5H2,1-2H3,(H2,12,14)(H,13,15). The van der Waals surface area contributed by atoms with Crippen LogP contribution in [0.25, 0.3) is 0 Å². The number of carbonyl (C=O) groups excluding carboxylic acids is 1. The molecule has 2 unspecified atom stereocenters. The first kappa shape index (κ1) is 13.9. The zero-order chi connectivity index (χ0) is 13.0. The molecule has 0 saturated heterocycles. The predicted octanol–water partition coefficient (Wildman–Crippen LogP) is 0.814. The summed E-state index contributed by atoms with van der Waals surface area (Å²) in [6.45, 7) is 2.13. The van der Waals surface area contributed by atoms with Gasteiger partial charge in [0.1, 0.15) is 11.0 Å². The van der Waals surface area contributed by atoms with Crippen molar-refractivity contribution in [2.24, 2.45) is 0 Å². The van der Waals surface area contributed by atoms with E-state index >= 15 is 0 Å². The predicted molar refractivity (Wildman–Crippen MR) is 69.5 cm³/mol. The van der Waals surface area contributed by atoms with Gasteiger partial charge in [-0.25, -0.2) is 4.98 Å². The average molecular weight is 276 g/mol. The summed E-state index contributed by atoms with van der Waals surface area (Å²) < 4.78 is 11.1. The number of halogens is 1. The van der Waals surface area contributed by atoms with Crippen LogP contribution in [0.1, 0.15) is 17.3 Å². The summed E-state index contributed by atoms with van der Waals surface area (Å²) in [5, 5.41) is 2.73. The second-order valence-electron chi connectivity index (χ2n) is 3.62. The molecule has 1 heterocycles. The van der Waals surface area contributed by atoms with Crippen LogP contribution in [0.2, 0.25) is 5.15 Å². The van der Waals surface area contributed by atoms with Gasteiger partial charge in [0.05, 0.1) is 0 Å². The number of rotatable bonds is 4. The Kier molecular flexibility index (Phi) is 4.89. The molecule has 0 aromatic carbocycles. The molecule has 0 aliphatic heterocycles. The van der Waals surface area contributed by atoms with Crippen molar-refractivity contribution in [2.75, 3.05) is 18.5 Å². The van der Waals surface area contributed by atoms with Crippen LogP contribution in [0.4, 0.5) is 5.82 Å². The average Bonchev–Trinajstić information content (AvgIpc) is 2.23. The van der Waals surface area contributed by atoms with Crippen molar-refractivity contribution in [3.05, 3.63) is 22.8 Å². The van der Waals surface area contributed by atoms with Gasteiger partial charge in [-0.1, -0.05) is 11.6 Å². The number of nitrogens with zero attached hydrogens (tertiary/aromatic N) is 1. The first-order chi connectivity index (χ1) is 7.90. The second kappa shape index (κ2) is 5.97. The molecule has 0 spiro atoms. The monoisotopic (exact) mass is 275 g/mol. The first-order valence-electron chi connectivity index (χ1n) is 4.93. The molecule has 0 bridgehead atoms. The van der Waals surface area contributed by atoms with Crippen LogP contribution >= 0.6 is 11.6 Å². The van der Waals surface area contributed by atoms with Crippen LogP contribution in [0.15, 0.2) is 12.1 Å². The number of carbonyl (C=O) groups is 1. The lowest BCUT2D eigenvalue weighted by molar-refractivity contribution is 0.0954. The first-order valence-corrected chi connectivity index (χ1v) is 6.93. The topological polar surface area (TPSA) is 85.1 Å². The fraction of sp³-hybridized carbons (Fsp3) is 0.400. The van der Waals surface area contributed by atoms with Crippen molar-refractivity contribution < 1.29 is 9.00 Å². The van der Waals surface area contributed by atoms with Gasteiger partial charge >= 0.3 is 0 Å². The Morgan fingerprint density at radius 3 is 2.82 bits per heavy atom. The van der Waals surface area contributed by atoms with Gasteiger partial charge in [-0.15, -0.1) is 0 Å². The summed E-state index contributed by atoms with van der Waals surface area (Å²) in [5.41, 5.74) is 5.82. The van der Waals surface area contributed by atoms with E-state index in [4.69, 9.17) is 17.3 Å². The molecule has 1 rings (SSSR count). The molecule has 0 radical (unpaired) electrons. The van der Waals surface area contributed by atoms with Gasteiger partial charge in [-0.05, 0) is 19.1 Å². The number of nitrogens with two attached hydrogens (primary N) is 1. The molecule has 1 aromatic heterocycles. The Hall–Kier alpha value is -1.14. The Balaban J connectivity index is 2.67. The smallest absolute Gasteiger partial charge is 0.251 e. The summed E-state index contributed by atoms with van der Waals surface area (Å²) >= 11 is 5.69. The zero-order valence-corrected chi connectivity index (χ0v) is 11.1. The van der Waals surface area contributed by atoms with Crippen molar-refractivity contribution >= 4 is 34.1 Å². The fourth-order valence-corrected chi connectivity index (χ4v) is 1.64. The Bertz CT molecular complexity index is 433. The summed E-state index contributed by atoms with van der Waals surface area (Å²) in [5.74, 6) is -0.118. The third kappa shape index (κ3) is 4.32. The van der Waals surface area contributed by atoms with Crippen LogP contribution in [0.3, 0.4) is 0 Å². The second-order valence-corrected chi connectivity index (χ2v) is 5.81. The molecule has 2 atom stereocenters. The minimum Gasteiger partial charge on any atom is -0.384 e. The quantitative estimate of drug-likeness (QED) is 0.797. The van der Waals surface area contributed by atoms with E-state index in [0.717, 1.165) is 0 Å². The van der Waals surface area contributed by atoms with Gasteiger partial charge in [-0.2, -0.15) is 0 Å². The molecule has 94 valence electrons. The summed E-state index contributed by atoms with van der Waals surface area (Å²) in [6, 6.07) is 2.87. The number of nitrogens with one attached hydrogen (secondary N) is 1. The number of hydrogen-bond donors (Lipinski definition) is 2. The minimum absolute atomic E-state index is 0.103. The molecule has 7 heteroatoms. The highest BCUT2D eigenvalue weighted by Crippen LogP contribution is 2.11. The number of anilines is 1. The molecule has 0 saturated carbocycles. The third-order valence-electron chi connectivity index (χ3n) is 2.19. The highest BCUT2D eigenvalue weighted by Gasteiger charge is 2.11. The summed E-state index contributed by atoms with van der Waals surface area (Å²) in [6.07, 6.45) is 1.60. The van der Waals surface area contributed by atoms with E-state index in [1.807, 2.05) is 0 Å². The normalized spacial score (nSPS) is 14.1. The number of pyridine rings is 1. The molecule has 0 fully saturated rings. The van der Waals surface area contributed by atoms with E-state index in [2.05, 4.69) is 10.3 Å². The molecule has 5 nitrogen and oxygen atoms in total. The fourth-order valence-electron chi connectivity index (χ4n) is 1.10. The lowest BCUT2D eigenvalue weighted by Crippen LogP contribution is -2.32. The lowest BCUT2D eigenvalue weighted by Gasteiger charge is -2.10. The molecule has 1 aromatic rings. The van der Waals surface area contributed by atoms with E-state index in [0.29, 0.717) is 12.1 Å². The van der Waals surface area contributed by atoms with Crippen molar-refractivity contribution in [2.45, 2.75) is 12.2 Å². The van der Waals surface area contributed by atoms with Gasteiger partial charge in [0.25, 0.3) is 5.91 Å². The van der Waals surface area contributed by atoms with Crippen molar-refractivity contribution in [1.82, 2.24) is 10.3 Å². The molecular weight excluding hydrogens is 262 g/mol. The molecule has 0 aliphatic rings. The molecule has 0 aliphatic carbocycles. The summed E-state index contributed by atoms with van der Waals surface area (Å²) in [4.78, 5) is 15.5. The minimum atomic E-state index is -0.970. The van der Waals surface area contributed by atoms with E-state index in [1.165, 1.54) is 12.1 Å². The number of aromatic nitrogens is 1. The molecular formula is C10H14ClN3O2S.